The van der Waals surface area contributed by atoms with Crippen molar-refractivity contribution in [3.63, 3.8) is 0 Å². The summed E-state index contributed by atoms with van der Waals surface area (Å²) in [5.74, 6) is 0. The molecule has 246 valence electrons. The Morgan fingerprint density at radius 1 is 0.264 bits per heavy atom. The number of rotatable bonds is 4. The van der Waals surface area contributed by atoms with Gasteiger partial charge in [0.1, 0.15) is 11.2 Å². The Morgan fingerprint density at radius 2 is 0.774 bits per heavy atom. The third kappa shape index (κ3) is 4.64. The van der Waals surface area contributed by atoms with E-state index in [0.29, 0.717) is 0 Å². The molecular formula is C52H32O. The van der Waals surface area contributed by atoms with Crippen molar-refractivity contribution in [3.05, 3.63) is 194 Å². The van der Waals surface area contributed by atoms with Gasteiger partial charge in [-0.05, 0) is 106 Å². The maximum Gasteiger partial charge on any atom is 0.143 e. The van der Waals surface area contributed by atoms with Crippen molar-refractivity contribution in [2.45, 2.75) is 0 Å². The molecule has 0 bridgehead atoms. The lowest BCUT2D eigenvalue weighted by molar-refractivity contribution is 0.672. The fourth-order valence-corrected chi connectivity index (χ4v) is 8.67. The molecule has 1 nitrogen and oxygen atoms in total. The number of hydrogen-bond donors (Lipinski definition) is 0. The van der Waals surface area contributed by atoms with Gasteiger partial charge in [-0.3, -0.25) is 0 Å². The Kier molecular flexibility index (Phi) is 6.62. The van der Waals surface area contributed by atoms with Gasteiger partial charge < -0.3 is 4.42 Å². The number of benzene rings is 10. The Bertz CT molecular complexity index is 3170. The van der Waals surface area contributed by atoms with Crippen LogP contribution in [0, 0.1) is 0 Å². The first-order valence-corrected chi connectivity index (χ1v) is 18.3. The lowest BCUT2D eigenvalue weighted by atomic mass is 9.84. The van der Waals surface area contributed by atoms with Crippen molar-refractivity contribution in [1.82, 2.24) is 0 Å². The van der Waals surface area contributed by atoms with E-state index in [2.05, 4.69) is 194 Å². The molecule has 0 saturated heterocycles. The van der Waals surface area contributed by atoms with E-state index in [1.54, 1.807) is 0 Å². The van der Waals surface area contributed by atoms with Crippen molar-refractivity contribution in [2.24, 2.45) is 0 Å². The highest BCUT2D eigenvalue weighted by Gasteiger charge is 2.19. The predicted molar refractivity (Wildman–Crippen MR) is 225 cm³/mol. The van der Waals surface area contributed by atoms with Crippen molar-refractivity contribution < 1.29 is 4.42 Å². The average molecular weight is 673 g/mol. The standard InChI is InChI=1S/C52H32O/c1-3-18-38-33(13-1)15-12-26-42(38)51-45-24-9-7-22-43(45)50(44-23-8-10-25-46(44)51)37-17-11-16-35(31-37)39-19-5-6-20-40(39)36-28-30-49-48(32-36)47-29-27-34-14-2-4-21-41(34)52(47)53-49/h1-32H. The molecule has 0 unspecified atom stereocenters. The molecule has 1 heteroatoms. The molecule has 0 saturated carbocycles. The minimum absolute atomic E-state index is 0.908. The molecule has 1 aromatic heterocycles. The molecule has 11 rings (SSSR count). The summed E-state index contributed by atoms with van der Waals surface area (Å²) in [4.78, 5) is 0. The zero-order chi connectivity index (χ0) is 34.9. The Labute approximate surface area is 307 Å². The number of fused-ring (bicyclic) bond motifs is 8. The summed E-state index contributed by atoms with van der Waals surface area (Å²) in [6.45, 7) is 0. The molecule has 0 atom stereocenters. The molecule has 0 aliphatic heterocycles. The summed E-state index contributed by atoms with van der Waals surface area (Å²) in [5.41, 5.74) is 11.6. The Hall–Kier alpha value is -6.96. The molecule has 0 spiro atoms. The van der Waals surface area contributed by atoms with Gasteiger partial charge in [0.25, 0.3) is 0 Å². The van der Waals surface area contributed by atoms with E-state index in [1.807, 2.05) is 0 Å². The third-order valence-corrected chi connectivity index (χ3v) is 11.1. The molecule has 0 radical (unpaired) electrons. The Morgan fingerprint density at radius 3 is 1.49 bits per heavy atom. The largest absolute Gasteiger partial charge is 0.455 e. The smallest absolute Gasteiger partial charge is 0.143 e. The van der Waals surface area contributed by atoms with E-state index in [-0.39, 0.29) is 0 Å². The zero-order valence-corrected chi connectivity index (χ0v) is 28.9. The van der Waals surface area contributed by atoms with Gasteiger partial charge >= 0.3 is 0 Å². The minimum Gasteiger partial charge on any atom is -0.455 e. The molecular weight excluding hydrogens is 641 g/mol. The van der Waals surface area contributed by atoms with E-state index in [4.69, 9.17) is 4.42 Å². The van der Waals surface area contributed by atoms with Gasteiger partial charge in [-0.2, -0.15) is 0 Å². The molecule has 1 heterocycles. The lowest BCUT2D eigenvalue weighted by Gasteiger charge is -2.19. The topological polar surface area (TPSA) is 13.1 Å². The summed E-state index contributed by atoms with van der Waals surface area (Å²) in [6, 6.07) is 70.6. The van der Waals surface area contributed by atoms with E-state index >= 15 is 0 Å². The highest BCUT2D eigenvalue weighted by Crippen LogP contribution is 2.46. The molecule has 0 fully saturated rings. The summed E-state index contributed by atoms with van der Waals surface area (Å²) in [7, 11) is 0. The van der Waals surface area contributed by atoms with Crippen LogP contribution in [0.2, 0.25) is 0 Å². The van der Waals surface area contributed by atoms with Crippen LogP contribution in [0.3, 0.4) is 0 Å². The molecule has 0 aliphatic carbocycles. The van der Waals surface area contributed by atoms with Crippen LogP contribution in [0.4, 0.5) is 0 Å². The number of furan rings is 1. The van der Waals surface area contributed by atoms with Crippen molar-refractivity contribution in [1.29, 1.82) is 0 Å². The first-order valence-electron chi connectivity index (χ1n) is 18.3. The van der Waals surface area contributed by atoms with E-state index < -0.39 is 0 Å². The molecule has 0 aliphatic rings. The first kappa shape index (κ1) is 29.7. The summed E-state index contributed by atoms with van der Waals surface area (Å²) in [6.07, 6.45) is 0. The summed E-state index contributed by atoms with van der Waals surface area (Å²) >= 11 is 0. The second-order valence-corrected chi connectivity index (χ2v) is 14.0. The maximum absolute atomic E-state index is 6.46. The van der Waals surface area contributed by atoms with Crippen LogP contribution < -0.4 is 0 Å². The third-order valence-electron chi connectivity index (χ3n) is 11.1. The van der Waals surface area contributed by atoms with E-state index in [1.165, 1.54) is 82.2 Å². The number of hydrogen-bond acceptors (Lipinski definition) is 1. The Balaban J connectivity index is 1.10. The highest BCUT2D eigenvalue weighted by atomic mass is 16.3. The van der Waals surface area contributed by atoms with Crippen LogP contribution in [0.1, 0.15) is 0 Å². The van der Waals surface area contributed by atoms with Gasteiger partial charge in [0.05, 0.1) is 0 Å². The van der Waals surface area contributed by atoms with Crippen molar-refractivity contribution >= 4 is 65.0 Å². The normalized spacial score (nSPS) is 11.8. The highest BCUT2D eigenvalue weighted by molar-refractivity contribution is 6.23. The van der Waals surface area contributed by atoms with Gasteiger partial charge in [0.15, 0.2) is 0 Å². The molecule has 53 heavy (non-hydrogen) atoms. The van der Waals surface area contributed by atoms with Gasteiger partial charge in [-0.15, -0.1) is 0 Å². The van der Waals surface area contributed by atoms with E-state index in [0.717, 1.165) is 27.3 Å². The first-order chi connectivity index (χ1) is 26.3. The molecule has 11 aromatic rings. The second-order valence-electron chi connectivity index (χ2n) is 14.0. The fraction of sp³-hybridized carbons (Fsp3) is 0. The fourth-order valence-electron chi connectivity index (χ4n) is 8.67. The van der Waals surface area contributed by atoms with Crippen molar-refractivity contribution in [3.8, 4) is 44.5 Å². The van der Waals surface area contributed by atoms with Crippen LogP contribution in [0.5, 0.6) is 0 Å². The van der Waals surface area contributed by atoms with Gasteiger partial charge in [0, 0.05) is 16.2 Å². The van der Waals surface area contributed by atoms with Crippen molar-refractivity contribution in [2.75, 3.05) is 0 Å². The molecule has 0 amide bonds. The zero-order valence-electron chi connectivity index (χ0n) is 28.9. The van der Waals surface area contributed by atoms with Crippen LogP contribution in [0.25, 0.3) is 110 Å². The predicted octanol–water partition coefficient (Wildman–Crippen LogP) is 14.9. The van der Waals surface area contributed by atoms with Crippen LogP contribution >= 0.6 is 0 Å². The van der Waals surface area contributed by atoms with Crippen LogP contribution in [-0.4, -0.2) is 0 Å². The minimum atomic E-state index is 0.908. The summed E-state index contributed by atoms with van der Waals surface area (Å²) < 4.78 is 6.46. The second kappa shape index (κ2) is 11.8. The van der Waals surface area contributed by atoms with E-state index in [9.17, 15) is 0 Å². The van der Waals surface area contributed by atoms with Crippen LogP contribution in [-0.2, 0) is 0 Å². The summed E-state index contributed by atoms with van der Waals surface area (Å²) in [5, 5.41) is 12.2. The van der Waals surface area contributed by atoms with Gasteiger partial charge in [0.2, 0.25) is 0 Å². The quantitative estimate of drug-likeness (QED) is 0.170. The van der Waals surface area contributed by atoms with Gasteiger partial charge in [-0.25, -0.2) is 0 Å². The van der Waals surface area contributed by atoms with Crippen LogP contribution in [0.15, 0.2) is 199 Å². The monoisotopic (exact) mass is 672 g/mol. The van der Waals surface area contributed by atoms with Gasteiger partial charge in [-0.1, -0.05) is 170 Å². The lowest BCUT2D eigenvalue weighted by Crippen LogP contribution is -1.92. The SMILES string of the molecule is c1cc(-c2ccccc2-c2ccc3oc4c5ccccc5ccc4c3c2)cc(-c2c3ccccc3c(-c3cccc4ccccc34)c3ccccc23)c1. The molecule has 10 aromatic carbocycles. The maximum atomic E-state index is 6.46. The molecule has 0 N–H and O–H groups in total. The average Bonchev–Trinajstić information content (AvgIpc) is 3.61.